The third kappa shape index (κ3) is 4.30. The van der Waals surface area contributed by atoms with E-state index in [4.69, 9.17) is 10.8 Å². The van der Waals surface area contributed by atoms with E-state index in [0.29, 0.717) is 17.8 Å². The van der Waals surface area contributed by atoms with Crippen molar-refractivity contribution in [2.45, 2.75) is 65.3 Å². The van der Waals surface area contributed by atoms with Gasteiger partial charge in [0.2, 0.25) is 0 Å². The fourth-order valence-corrected chi connectivity index (χ4v) is 2.26. The molecular weight excluding hydrogens is 262 g/mol. The molecular formula is C16H29N5. The SMILES string of the molecule is CC(C)CCN(c1cc(NN)nc(C(C)(C)C)n1)C1CC1. The van der Waals surface area contributed by atoms with E-state index in [-0.39, 0.29) is 5.41 Å². The van der Waals surface area contributed by atoms with E-state index < -0.39 is 0 Å². The van der Waals surface area contributed by atoms with E-state index >= 15 is 0 Å². The average molecular weight is 291 g/mol. The molecule has 5 heteroatoms. The number of nitrogens with one attached hydrogen (secondary N) is 1. The first kappa shape index (κ1) is 16.0. The number of hydrogen-bond donors (Lipinski definition) is 2. The number of nitrogen functional groups attached to an aromatic ring is 1. The smallest absolute Gasteiger partial charge is 0.145 e. The number of nitrogens with zero attached hydrogens (tertiary/aromatic N) is 3. The molecule has 1 heterocycles. The van der Waals surface area contributed by atoms with Gasteiger partial charge in [-0.1, -0.05) is 34.6 Å². The number of anilines is 2. The topological polar surface area (TPSA) is 67.1 Å². The average Bonchev–Trinajstić information content (AvgIpc) is 3.22. The van der Waals surface area contributed by atoms with Crippen molar-refractivity contribution in [1.82, 2.24) is 9.97 Å². The van der Waals surface area contributed by atoms with E-state index in [0.717, 1.165) is 18.2 Å². The van der Waals surface area contributed by atoms with Crippen LogP contribution in [0.4, 0.5) is 11.6 Å². The fourth-order valence-electron chi connectivity index (χ4n) is 2.26. The molecule has 118 valence electrons. The van der Waals surface area contributed by atoms with Crippen LogP contribution in [-0.2, 0) is 5.41 Å². The number of hydrogen-bond acceptors (Lipinski definition) is 5. The van der Waals surface area contributed by atoms with Gasteiger partial charge in [0, 0.05) is 24.1 Å². The summed E-state index contributed by atoms with van der Waals surface area (Å²) < 4.78 is 0. The molecule has 1 aromatic heterocycles. The summed E-state index contributed by atoms with van der Waals surface area (Å²) in [4.78, 5) is 11.7. The molecule has 0 bridgehead atoms. The van der Waals surface area contributed by atoms with Gasteiger partial charge in [0.1, 0.15) is 17.5 Å². The van der Waals surface area contributed by atoms with Gasteiger partial charge in [-0.05, 0) is 25.2 Å². The van der Waals surface area contributed by atoms with Crippen LogP contribution < -0.4 is 16.2 Å². The summed E-state index contributed by atoms with van der Waals surface area (Å²) in [5.74, 6) is 8.82. The fraction of sp³-hybridized carbons (Fsp3) is 0.750. The van der Waals surface area contributed by atoms with E-state index in [2.05, 4.69) is 49.9 Å². The van der Waals surface area contributed by atoms with Gasteiger partial charge in [0.15, 0.2) is 0 Å². The second kappa shape index (κ2) is 6.18. The van der Waals surface area contributed by atoms with Gasteiger partial charge in [-0.15, -0.1) is 0 Å². The maximum atomic E-state index is 5.59. The Morgan fingerprint density at radius 3 is 2.48 bits per heavy atom. The standard InChI is InChI=1S/C16H29N5/c1-11(2)8-9-21(12-6-7-12)14-10-13(20-17)18-15(19-14)16(3,4)5/h10-12H,6-9,17H2,1-5H3,(H,18,19,20). The molecule has 0 atom stereocenters. The summed E-state index contributed by atoms with van der Waals surface area (Å²) in [7, 11) is 0. The van der Waals surface area contributed by atoms with Crippen molar-refractivity contribution in [2.75, 3.05) is 16.9 Å². The zero-order chi connectivity index (χ0) is 15.6. The quantitative estimate of drug-likeness (QED) is 0.623. The van der Waals surface area contributed by atoms with Gasteiger partial charge in [-0.3, -0.25) is 0 Å². The van der Waals surface area contributed by atoms with Crippen LogP contribution in [0.15, 0.2) is 6.07 Å². The molecule has 0 spiro atoms. The molecule has 2 rings (SSSR count). The predicted octanol–water partition coefficient (Wildman–Crippen LogP) is 3.07. The summed E-state index contributed by atoms with van der Waals surface area (Å²) in [6.45, 7) is 12.0. The Kier molecular flexibility index (Phi) is 4.71. The highest BCUT2D eigenvalue weighted by atomic mass is 15.3. The Morgan fingerprint density at radius 1 is 1.33 bits per heavy atom. The number of nitrogens with two attached hydrogens (primary N) is 1. The van der Waals surface area contributed by atoms with Gasteiger partial charge < -0.3 is 10.3 Å². The molecule has 5 nitrogen and oxygen atoms in total. The van der Waals surface area contributed by atoms with Gasteiger partial charge in [0.25, 0.3) is 0 Å². The van der Waals surface area contributed by atoms with Crippen molar-refractivity contribution < 1.29 is 0 Å². The van der Waals surface area contributed by atoms with E-state index in [1.54, 1.807) is 0 Å². The van der Waals surface area contributed by atoms with Crippen molar-refractivity contribution in [1.29, 1.82) is 0 Å². The zero-order valence-corrected chi connectivity index (χ0v) is 14.0. The van der Waals surface area contributed by atoms with Crippen LogP contribution in [0.5, 0.6) is 0 Å². The van der Waals surface area contributed by atoms with Gasteiger partial charge in [-0.2, -0.15) is 0 Å². The highest BCUT2D eigenvalue weighted by Gasteiger charge is 2.31. The van der Waals surface area contributed by atoms with Crippen LogP contribution in [0.3, 0.4) is 0 Å². The van der Waals surface area contributed by atoms with Gasteiger partial charge in [-0.25, -0.2) is 15.8 Å². The molecule has 0 aromatic carbocycles. The van der Waals surface area contributed by atoms with Crippen LogP contribution in [0.25, 0.3) is 0 Å². The van der Waals surface area contributed by atoms with Crippen molar-refractivity contribution >= 4 is 11.6 Å². The van der Waals surface area contributed by atoms with E-state index in [1.807, 2.05) is 6.07 Å². The van der Waals surface area contributed by atoms with Crippen molar-refractivity contribution in [3.8, 4) is 0 Å². The summed E-state index contributed by atoms with van der Waals surface area (Å²) >= 11 is 0. The minimum Gasteiger partial charge on any atom is -0.353 e. The highest BCUT2D eigenvalue weighted by molar-refractivity contribution is 5.51. The molecule has 1 aromatic rings. The number of rotatable bonds is 6. The molecule has 1 aliphatic rings. The van der Waals surface area contributed by atoms with E-state index in [9.17, 15) is 0 Å². The third-order valence-electron chi connectivity index (χ3n) is 3.76. The molecule has 1 aliphatic carbocycles. The first-order valence-electron chi connectivity index (χ1n) is 7.94. The molecule has 0 unspecified atom stereocenters. The Morgan fingerprint density at radius 2 is 2.00 bits per heavy atom. The molecule has 0 radical (unpaired) electrons. The Bertz CT molecular complexity index is 474. The molecule has 1 saturated carbocycles. The molecule has 3 N–H and O–H groups in total. The first-order valence-corrected chi connectivity index (χ1v) is 7.94. The lowest BCUT2D eigenvalue weighted by atomic mass is 9.96. The Labute approximate surface area is 128 Å². The lowest BCUT2D eigenvalue weighted by molar-refractivity contribution is 0.539. The summed E-state index contributed by atoms with van der Waals surface area (Å²) in [5.41, 5.74) is 2.59. The van der Waals surface area contributed by atoms with Crippen LogP contribution >= 0.6 is 0 Å². The molecule has 0 aliphatic heterocycles. The minimum absolute atomic E-state index is 0.0884. The lowest BCUT2D eigenvalue weighted by Crippen LogP contribution is -2.30. The van der Waals surface area contributed by atoms with Gasteiger partial charge in [0.05, 0.1) is 0 Å². The van der Waals surface area contributed by atoms with Crippen LogP contribution in [0.1, 0.15) is 59.7 Å². The van der Waals surface area contributed by atoms with Crippen LogP contribution in [0, 0.1) is 5.92 Å². The lowest BCUT2D eigenvalue weighted by Gasteiger charge is -2.27. The molecule has 0 saturated heterocycles. The van der Waals surface area contributed by atoms with E-state index in [1.165, 1.54) is 19.3 Å². The zero-order valence-electron chi connectivity index (χ0n) is 14.0. The summed E-state index contributed by atoms with van der Waals surface area (Å²) in [6, 6.07) is 2.60. The minimum atomic E-state index is -0.0884. The number of aromatic nitrogens is 2. The van der Waals surface area contributed by atoms with Crippen LogP contribution in [-0.4, -0.2) is 22.6 Å². The second-order valence-electron chi connectivity index (χ2n) is 7.44. The van der Waals surface area contributed by atoms with Crippen molar-refractivity contribution in [2.24, 2.45) is 11.8 Å². The maximum absolute atomic E-state index is 5.59. The molecule has 1 fully saturated rings. The summed E-state index contributed by atoms with van der Waals surface area (Å²) in [5, 5.41) is 0. The monoisotopic (exact) mass is 291 g/mol. The maximum Gasteiger partial charge on any atom is 0.145 e. The largest absolute Gasteiger partial charge is 0.353 e. The third-order valence-corrected chi connectivity index (χ3v) is 3.76. The normalized spacial score (nSPS) is 15.4. The molecule has 0 amide bonds. The number of hydrazine groups is 1. The Balaban J connectivity index is 2.30. The van der Waals surface area contributed by atoms with Gasteiger partial charge >= 0.3 is 0 Å². The summed E-state index contributed by atoms with van der Waals surface area (Å²) in [6.07, 6.45) is 3.70. The molecule has 21 heavy (non-hydrogen) atoms. The van der Waals surface area contributed by atoms with Crippen molar-refractivity contribution in [3.05, 3.63) is 11.9 Å². The second-order valence-corrected chi connectivity index (χ2v) is 7.44. The first-order chi connectivity index (χ1) is 9.81. The predicted molar refractivity (Wildman–Crippen MR) is 88.4 cm³/mol. The van der Waals surface area contributed by atoms with Crippen LogP contribution in [0.2, 0.25) is 0 Å². The highest BCUT2D eigenvalue weighted by Crippen LogP contribution is 2.33. The Hall–Kier alpha value is -1.36. The van der Waals surface area contributed by atoms with Crippen molar-refractivity contribution in [3.63, 3.8) is 0 Å².